The van der Waals surface area contributed by atoms with Crippen LogP contribution in [0.2, 0.25) is 5.02 Å². The second-order valence-corrected chi connectivity index (χ2v) is 6.85. The number of ether oxygens (including phenoxy) is 1. The summed E-state index contributed by atoms with van der Waals surface area (Å²) in [5, 5.41) is 6.26. The number of hydrogen-bond acceptors (Lipinski definition) is 4. The van der Waals surface area contributed by atoms with Gasteiger partial charge in [-0.3, -0.25) is 4.90 Å². The molecule has 0 atom stereocenters. The zero-order chi connectivity index (χ0) is 26.0. The minimum Gasteiger partial charge on any atom is -0.409 e. The first-order valence-electron chi connectivity index (χ1n) is 9.05. The second-order valence-electron chi connectivity index (χ2n) is 6.47. The number of anilines is 1. The Bertz CT molecular complexity index is 1150. The lowest BCUT2D eigenvalue weighted by atomic mass is 9.98. The quantitative estimate of drug-likeness (QED) is 0.266. The van der Waals surface area contributed by atoms with Gasteiger partial charge in [0.05, 0.1) is 16.8 Å². The van der Waals surface area contributed by atoms with Crippen LogP contribution in [0, 0.1) is 17.0 Å². The molecule has 2 aromatic carbocycles. The Hall–Kier alpha value is -3.35. The van der Waals surface area contributed by atoms with Crippen LogP contribution in [-0.2, 0) is 12.4 Å². The maximum Gasteiger partial charge on any atom is 0.420 e. The average molecular weight is 516 g/mol. The summed E-state index contributed by atoms with van der Waals surface area (Å²) in [5.74, 6) is -4.01. The molecule has 0 unspecified atom stereocenters. The van der Waals surface area contributed by atoms with E-state index in [1.807, 2.05) is 0 Å². The van der Waals surface area contributed by atoms with Gasteiger partial charge in [0.25, 0.3) is 0 Å². The third-order valence-corrected chi connectivity index (χ3v) is 4.75. The first kappa shape index (κ1) is 26.9. The lowest BCUT2D eigenvalue weighted by Crippen LogP contribution is -2.35. The van der Waals surface area contributed by atoms with Crippen molar-refractivity contribution >= 4 is 35.2 Å². The predicted octanol–water partition coefficient (Wildman–Crippen LogP) is 6.63. The number of hydrogen-bond donors (Lipinski definition) is 2. The van der Waals surface area contributed by atoms with E-state index in [2.05, 4.69) is 0 Å². The normalized spacial score (nSPS) is 12.5. The van der Waals surface area contributed by atoms with Gasteiger partial charge in [0.2, 0.25) is 0 Å². The first-order chi connectivity index (χ1) is 15.7. The molecule has 3 N–H and O–H groups in total. The Labute approximate surface area is 191 Å². The van der Waals surface area contributed by atoms with Gasteiger partial charge < -0.3 is 15.9 Å². The van der Waals surface area contributed by atoms with E-state index in [9.17, 15) is 39.9 Å². The number of allylic oxidation sites excluding steroid dienone is 1. The summed E-state index contributed by atoms with van der Waals surface area (Å²) in [7, 11) is 0. The zero-order valence-electron chi connectivity index (χ0n) is 16.9. The number of rotatable bonds is 5. The number of amides is 1. The number of nitrogens with zero attached hydrogens (tertiary/aromatic N) is 1. The summed E-state index contributed by atoms with van der Waals surface area (Å²) >= 11 is 5.47. The molecule has 2 rings (SSSR count). The molecule has 0 aromatic heterocycles. The van der Waals surface area contributed by atoms with E-state index in [-0.39, 0.29) is 12.1 Å². The smallest absolute Gasteiger partial charge is 0.409 e. The van der Waals surface area contributed by atoms with Crippen LogP contribution in [0.1, 0.15) is 23.6 Å². The van der Waals surface area contributed by atoms with E-state index >= 15 is 0 Å². The van der Waals surface area contributed by atoms with Crippen molar-refractivity contribution in [3.8, 4) is 5.75 Å². The summed E-state index contributed by atoms with van der Waals surface area (Å²) in [6.45, 7) is 0.846. The summed E-state index contributed by atoms with van der Waals surface area (Å²) < 4.78 is 113. The largest absolute Gasteiger partial charge is 0.420 e. The van der Waals surface area contributed by atoms with Crippen LogP contribution in [0.15, 0.2) is 30.5 Å². The standard InChI is InChI=1S/C20H14ClF8N3O2/c1-2-32(14-4-3-13(22)15(21)16(14)23)18(33)34-17-11(9(7-30)8-31)5-10(19(24,25)26)6-12(17)20(27,28)29/h3-8,30H,2,31H2,1H3/b9-8+,30-7?. The number of halogens is 9. The molecule has 0 aliphatic rings. The highest BCUT2D eigenvalue weighted by molar-refractivity contribution is 6.31. The third kappa shape index (κ3) is 5.41. The molecule has 0 radical (unpaired) electrons. The molecule has 1 amide bonds. The summed E-state index contributed by atoms with van der Waals surface area (Å²) in [5.41, 5.74) is -0.791. The lowest BCUT2D eigenvalue weighted by molar-refractivity contribution is -0.143. The molecule has 0 aliphatic heterocycles. The van der Waals surface area contributed by atoms with Gasteiger partial charge in [0, 0.05) is 30.1 Å². The molecular weight excluding hydrogens is 502 g/mol. The lowest BCUT2D eigenvalue weighted by Gasteiger charge is -2.24. The van der Waals surface area contributed by atoms with Crippen LogP contribution in [0.3, 0.4) is 0 Å². The molecule has 34 heavy (non-hydrogen) atoms. The summed E-state index contributed by atoms with van der Waals surface area (Å²) in [6, 6.07) is 1.39. The molecule has 0 aliphatic carbocycles. The molecule has 0 saturated heterocycles. The van der Waals surface area contributed by atoms with Crippen molar-refractivity contribution in [3.05, 3.63) is 63.8 Å². The number of carbonyl (C=O) groups excluding carboxylic acids is 1. The van der Waals surface area contributed by atoms with E-state index in [0.29, 0.717) is 23.4 Å². The highest BCUT2D eigenvalue weighted by atomic mass is 35.5. The Balaban J connectivity index is 2.75. The minimum atomic E-state index is -5.45. The van der Waals surface area contributed by atoms with Crippen molar-refractivity contribution in [3.63, 3.8) is 0 Å². The van der Waals surface area contributed by atoms with Crippen LogP contribution >= 0.6 is 11.6 Å². The van der Waals surface area contributed by atoms with Gasteiger partial charge in [-0.2, -0.15) is 26.3 Å². The van der Waals surface area contributed by atoms with E-state index in [1.54, 1.807) is 0 Å². The second kappa shape index (κ2) is 9.87. The van der Waals surface area contributed by atoms with Crippen molar-refractivity contribution in [2.75, 3.05) is 11.4 Å². The van der Waals surface area contributed by atoms with Crippen molar-refractivity contribution < 1.29 is 44.7 Å². The molecule has 184 valence electrons. The van der Waals surface area contributed by atoms with Gasteiger partial charge in [-0.15, -0.1) is 0 Å². The number of alkyl halides is 6. The molecule has 0 fully saturated rings. The number of nitrogens with two attached hydrogens (primary N) is 1. The molecular formula is C20H14ClF8N3O2. The van der Waals surface area contributed by atoms with Gasteiger partial charge in [-0.05, 0) is 31.2 Å². The van der Waals surface area contributed by atoms with Crippen LogP contribution < -0.4 is 15.4 Å². The van der Waals surface area contributed by atoms with Crippen LogP contribution in [0.4, 0.5) is 45.6 Å². The van der Waals surface area contributed by atoms with Crippen molar-refractivity contribution in [1.82, 2.24) is 0 Å². The molecule has 2 aromatic rings. The molecule has 0 bridgehead atoms. The van der Waals surface area contributed by atoms with Gasteiger partial charge in [-0.1, -0.05) is 11.6 Å². The number of nitrogens with one attached hydrogen (secondary N) is 1. The topological polar surface area (TPSA) is 79.4 Å². The van der Waals surface area contributed by atoms with E-state index < -0.39 is 75.3 Å². The number of carbonyl (C=O) groups is 1. The molecule has 0 heterocycles. The third-order valence-electron chi connectivity index (χ3n) is 4.40. The van der Waals surface area contributed by atoms with E-state index in [4.69, 9.17) is 27.5 Å². The van der Waals surface area contributed by atoms with Crippen LogP contribution in [0.25, 0.3) is 5.57 Å². The molecule has 0 spiro atoms. The predicted molar refractivity (Wildman–Crippen MR) is 108 cm³/mol. The SMILES string of the molecule is CCN(C(=O)Oc1c(/C(C=N)=C/N)cc(C(F)(F)F)cc1C(F)(F)F)c1ccc(F)c(Cl)c1F. The van der Waals surface area contributed by atoms with Gasteiger partial charge >= 0.3 is 18.4 Å². The van der Waals surface area contributed by atoms with Gasteiger partial charge in [-0.25, -0.2) is 13.6 Å². The maximum atomic E-state index is 14.4. The van der Waals surface area contributed by atoms with Crippen LogP contribution in [0.5, 0.6) is 5.75 Å². The fourth-order valence-corrected chi connectivity index (χ4v) is 2.97. The highest BCUT2D eigenvalue weighted by Crippen LogP contribution is 2.44. The van der Waals surface area contributed by atoms with Gasteiger partial charge in [0.15, 0.2) is 11.6 Å². The monoisotopic (exact) mass is 515 g/mol. The molecule has 5 nitrogen and oxygen atoms in total. The van der Waals surface area contributed by atoms with E-state index in [1.165, 1.54) is 6.92 Å². The highest BCUT2D eigenvalue weighted by Gasteiger charge is 2.41. The minimum absolute atomic E-state index is 0.215. The maximum absolute atomic E-state index is 14.4. The molecule has 14 heteroatoms. The summed E-state index contributed by atoms with van der Waals surface area (Å²) in [4.78, 5) is 13.2. The zero-order valence-corrected chi connectivity index (χ0v) is 17.7. The van der Waals surface area contributed by atoms with Crippen LogP contribution in [-0.4, -0.2) is 18.9 Å². The van der Waals surface area contributed by atoms with E-state index in [0.717, 1.165) is 6.07 Å². The first-order valence-corrected chi connectivity index (χ1v) is 9.43. The fourth-order valence-electron chi connectivity index (χ4n) is 2.81. The number of benzene rings is 2. The Morgan fingerprint density at radius 3 is 2.24 bits per heavy atom. The fraction of sp³-hybridized carbons (Fsp3) is 0.200. The van der Waals surface area contributed by atoms with Gasteiger partial charge in [0.1, 0.15) is 10.8 Å². The Morgan fingerprint density at radius 2 is 1.76 bits per heavy atom. The van der Waals surface area contributed by atoms with Crippen molar-refractivity contribution in [2.45, 2.75) is 19.3 Å². The molecule has 0 saturated carbocycles. The Kier molecular flexibility index (Phi) is 7.81. The average Bonchev–Trinajstić information content (AvgIpc) is 2.74. The summed E-state index contributed by atoms with van der Waals surface area (Å²) in [6.07, 6.45) is -11.4. The Morgan fingerprint density at radius 1 is 1.15 bits per heavy atom. The van der Waals surface area contributed by atoms with Crippen molar-refractivity contribution in [1.29, 1.82) is 5.41 Å². The van der Waals surface area contributed by atoms with Crippen molar-refractivity contribution in [2.24, 2.45) is 5.73 Å².